The Kier molecular flexibility index (Phi) is 6.10. The molecular formula is C13H20N2O2. The molecule has 1 rings (SSSR count). The average molecular weight is 236 g/mol. The summed E-state index contributed by atoms with van der Waals surface area (Å²) in [6.07, 6.45) is 2.15. The molecule has 0 atom stereocenters. The van der Waals surface area contributed by atoms with Crippen LogP contribution in [-0.4, -0.2) is 25.6 Å². The molecule has 0 radical (unpaired) electrons. The van der Waals surface area contributed by atoms with Gasteiger partial charge < -0.3 is 15.8 Å². The van der Waals surface area contributed by atoms with E-state index >= 15 is 0 Å². The maximum atomic E-state index is 11.6. The summed E-state index contributed by atoms with van der Waals surface area (Å²) in [4.78, 5) is 11.6. The molecule has 1 aromatic rings. The average Bonchev–Trinajstić information content (AvgIpc) is 2.37. The minimum absolute atomic E-state index is 0.101. The Morgan fingerprint density at radius 3 is 2.65 bits per heavy atom. The van der Waals surface area contributed by atoms with Gasteiger partial charge in [-0.2, -0.15) is 0 Å². The molecule has 0 aliphatic rings. The van der Waals surface area contributed by atoms with Gasteiger partial charge in [-0.3, -0.25) is 4.79 Å². The van der Waals surface area contributed by atoms with Crippen molar-refractivity contribution in [3.8, 4) is 5.75 Å². The van der Waals surface area contributed by atoms with Gasteiger partial charge in [0, 0.05) is 18.7 Å². The van der Waals surface area contributed by atoms with Gasteiger partial charge in [-0.05, 0) is 30.7 Å². The van der Waals surface area contributed by atoms with E-state index in [0.29, 0.717) is 18.7 Å². The topological polar surface area (TPSA) is 64.3 Å². The Balaban J connectivity index is 2.46. The van der Waals surface area contributed by atoms with Crippen molar-refractivity contribution in [1.29, 1.82) is 0 Å². The lowest BCUT2D eigenvalue weighted by molar-refractivity contribution is 0.0954. The number of ether oxygens (including phenoxy) is 1. The number of hydrogen-bond donors (Lipinski definition) is 2. The second-order valence-electron chi connectivity index (χ2n) is 3.77. The molecule has 0 aliphatic carbocycles. The molecule has 0 fully saturated rings. The molecule has 0 spiro atoms. The number of hydrogen-bond acceptors (Lipinski definition) is 3. The van der Waals surface area contributed by atoms with E-state index in [2.05, 4.69) is 12.2 Å². The number of unbranched alkanes of at least 4 members (excludes halogenated alkanes) is 1. The monoisotopic (exact) mass is 236 g/mol. The van der Waals surface area contributed by atoms with E-state index in [9.17, 15) is 4.79 Å². The fourth-order valence-corrected chi connectivity index (χ4v) is 1.32. The van der Waals surface area contributed by atoms with E-state index in [1.165, 1.54) is 0 Å². The number of carbonyl (C=O) groups is 1. The SMILES string of the molecule is CCCCOc1ccc(C(=O)NCCN)cc1. The van der Waals surface area contributed by atoms with Gasteiger partial charge in [0.05, 0.1) is 6.61 Å². The van der Waals surface area contributed by atoms with Crippen LogP contribution in [0, 0.1) is 0 Å². The van der Waals surface area contributed by atoms with Crippen molar-refractivity contribution in [2.24, 2.45) is 5.73 Å². The van der Waals surface area contributed by atoms with Crippen LogP contribution in [0.2, 0.25) is 0 Å². The summed E-state index contributed by atoms with van der Waals surface area (Å²) in [5.41, 5.74) is 5.94. The molecule has 0 aromatic heterocycles. The molecule has 0 heterocycles. The Morgan fingerprint density at radius 2 is 2.06 bits per heavy atom. The van der Waals surface area contributed by atoms with Gasteiger partial charge in [0.2, 0.25) is 0 Å². The van der Waals surface area contributed by atoms with Crippen LogP contribution in [-0.2, 0) is 0 Å². The second kappa shape index (κ2) is 7.68. The zero-order valence-electron chi connectivity index (χ0n) is 10.2. The van der Waals surface area contributed by atoms with Crippen LogP contribution in [0.1, 0.15) is 30.1 Å². The van der Waals surface area contributed by atoms with Crippen LogP contribution in [0.4, 0.5) is 0 Å². The number of nitrogens with two attached hydrogens (primary N) is 1. The third kappa shape index (κ3) is 4.87. The van der Waals surface area contributed by atoms with Crippen molar-refractivity contribution in [1.82, 2.24) is 5.32 Å². The standard InChI is InChI=1S/C13H20N2O2/c1-2-3-10-17-12-6-4-11(5-7-12)13(16)15-9-8-14/h4-7H,2-3,8-10,14H2,1H3,(H,15,16). The molecule has 94 valence electrons. The highest BCUT2D eigenvalue weighted by molar-refractivity contribution is 5.94. The van der Waals surface area contributed by atoms with Crippen molar-refractivity contribution >= 4 is 5.91 Å². The molecule has 1 aromatic carbocycles. The van der Waals surface area contributed by atoms with Crippen LogP contribution in [0.25, 0.3) is 0 Å². The molecule has 0 saturated heterocycles. The van der Waals surface area contributed by atoms with Crippen LogP contribution >= 0.6 is 0 Å². The first kappa shape index (κ1) is 13.5. The molecule has 3 N–H and O–H groups in total. The van der Waals surface area contributed by atoms with E-state index in [1.54, 1.807) is 12.1 Å². The van der Waals surface area contributed by atoms with Crippen molar-refractivity contribution in [2.75, 3.05) is 19.7 Å². The Hall–Kier alpha value is -1.55. The first-order chi connectivity index (χ1) is 8.27. The lowest BCUT2D eigenvalue weighted by Crippen LogP contribution is -2.28. The number of carbonyl (C=O) groups excluding carboxylic acids is 1. The summed E-state index contributed by atoms with van der Waals surface area (Å²) in [5, 5.41) is 2.72. The lowest BCUT2D eigenvalue weighted by Gasteiger charge is -2.07. The third-order valence-corrected chi connectivity index (χ3v) is 2.31. The van der Waals surface area contributed by atoms with E-state index in [4.69, 9.17) is 10.5 Å². The van der Waals surface area contributed by atoms with Gasteiger partial charge in [-0.25, -0.2) is 0 Å². The van der Waals surface area contributed by atoms with E-state index < -0.39 is 0 Å². The molecule has 17 heavy (non-hydrogen) atoms. The summed E-state index contributed by atoms with van der Waals surface area (Å²) in [6, 6.07) is 7.14. The molecule has 1 amide bonds. The Labute approximate surface area is 102 Å². The van der Waals surface area contributed by atoms with E-state index in [-0.39, 0.29) is 5.91 Å². The normalized spacial score (nSPS) is 10.0. The summed E-state index contributed by atoms with van der Waals surface area (Å²) >= 11 is 0. The molecule has 4 heteroatoms. The maximum Gasteiger partial charge on any atom is 0.251 e. The Morgan fingerprint density at radius 1 is 1.35 bits per heavy atom. The highest BCUT2D eigenvalue weighted by Crippen LogP contribution is 2.12. The summed E-state index contributed by atoms with van der Waals surface area (Å²) in [7, 11) is 0. The molecule has 0 aliphatic heterocycles. The minimum Gasteiger partial charge on any atom is -0.494 e. The fraction of sp³-hybridized carbons (Fsp3) is 0.462. The molecular weight excluding hydrogens is 216 g/mol. The molecule has 0 bridgehead atoms. The number of rotatable bonds is 7. The van der Waals surface area contributed by atoms with Gasteiger partial charge >= 0.3 is 0 Å². The van der Waals surface area contributed by atoms with Crippen LogP contribution in [0.5, 0.6) is 5.75 Å². The summed E-state index contributed by atoms with van der Waals surface area (Å²) in [5.74, 6) is 0.699. The van der Waals surface area contributed by atoms with Crippen molar-refractivity contribution in [2.45, 2.75) is 19.8 Å². The summed E-state index contributed by atoms with van der Waals surface area (Å²) in [6.45, 7) is 3.78. The smallest absolute Gasteiger partial charge is 0.251 e. The van der Waals surface area contributed by atoms with Crippen molar-refractivity contribution < 1.29 is 9.53 Å². The quantitative estimate of drug-likeness (QED) is 0.706. The number of benzene rings is 1. The van der Waals surface area contributed by atoms with Gasteiger partial charge in [-0.1, -0.05) is 13.3 Å². The zero-order chi connectivity index (χ0) is 12.5. The maximum absolute atomic E-state index is 11.6. The minimum atomic E-state index is -0.101. The van der Waals surface area contributed by atoms with Gasteiger partial charge in [0.1, 0.15) is 5.75 Å². The highest BCUT2D eigenvalue weighted by atomic mass is 16.5. The highest BCUT2D eigenvalue weighted by Gasteiger charge is 2.04. The number of amides is 1. The number of nitrogens with one attached hydrogen (secondary N) is 1. The first-order valence-corrected chi connectivity index (χ1v) is 5.99. The molecule has 0 unspecified atom stereocenters. The van der Waals surface area contributed by atoms with Crippen LogP contribution < -0.4 is 15.8 Å². The van der Waals surface area contributed by atoms with E-state index in [1.807, 2.05) is 12.1 Å². The van der Waals surface area contributed by atoms with Crippen molar-refractivity contribution in [3.63, 3.8) is 0 Å². The zero-order valence-corrected chi connectivity index (χ0v) is 10.2. The van der Waals surface area contributed by atoms with Crippen LogP contribution in [0.3, 0.4) is 0 Å². The van der Waals surface area contributed by atoms with Gasteiger partial charge in [0.15, 0.2) is 0 Å². The largest absolute Gasteiger partial charge is 0.494 e. The summed E-state index contributed by atoms with van der Waals surface area (Å²) < 4.78 is 5.51. The Bertz CT molecular complexity index is 336. The fourth-order valence-electron chi connectivity index (χ4n) is 1.32. The van der Waals surface area contributed by atoms with Crippen LogP contribution in [0.15, 0.2) is 24.3 Å². The predicted octanol–water partition coefficient (Wildman–Crippen LogP) is 1.55. The van der Waals surface area contributed by atoms with Crippen molar-refractivity contribution in [3.05, 3.63) is 29.8 Å². The van der Waals surface area contributed by atoms with Gasteiger partial charge in [-0.15, -0.1) is 0 Å². The second-order valence-corrected chi connectivity index (χ2v) is 3.77. The molecule has 0 saturated carbocycles. The first-order valence-electron chi connectivity index (χ1n) is 5.99. The molecule has 4 nitrogen and oxygen atoms in total. The van der Waals surface area contributed by atoms with Gasteiger partial charge in [0.25, 0.3) is 5.91 Å². The predicted molar refractivity (Wildman–Crippen MR) is 68.2 cm³/mol. The third-order valence-electron chi connectivity index (χ3n) is 2.31. The lowest BCUT2D eigenvalue weighted by atomic mass is 10.2. The van der Waals surface area contributed by atoms with E-state index in [0.717, 1.165) is 25.2 Å².